The zero-order chi connectivity index (χ0) is 28.1. The van der Waals surface area contributed by atoms with E-state index >= 15 is 0 Å². The molecular formula is C30H28ClN3O5. The van der Waals surface area contributed by atoms with Crippen LogP contribution in [-0.4, -0.2) is 26.8 Å². The highest BCUT2D eigenvalue weighted by molar-refractivity contribution is 6.31. The van der Waals surface area contributed by atoms with Gasteiger partial charge in [0.25, 0.3) is 5.56 Å². The van der Waals surface area contributed by atoms with Crippen molar-refractivity contribution in [3.8, 4) is 16.9 Å². The van der Waals surface area contributed by atoms with Crippen LogP contribution in [0.4, 0.5) is 10.5 Å². The van der Waals surface area contributed by atoms with Gasteiger partial charge < -0.3 is 25.4 Å². The Balaban J connectivity index is 1.60. The van der Waals surface area contributed by atoms with Crippen LogP contribution in [-0.2, 0) is 11.3 Å². The second-order valence-electron chi connectivity index (χ2n) is 9.30. The molecule has 0 unspecified atom stereocenters. The van der Waals surface area contributed by atoms with Crippen molar-refractivity contribution < 1.29 is 19.8 Å². The summed E-state index contributed by atoms with van der Waals surface area (Å²) in [5.41, 5.74) is 3.59. The highest BCUT2D eigenvalue weighted by Gasteiger charge is 2.22. The lowest BCUT2D eigenvalue weighted by Crippen LogP contribution is -2.36. The van der Waals surface area contributed by atoms with Crippen LogP contribution in [0.1, 0.15) is 34.7 Å². The van der Waals surface area contributed by atoms with Crippen molar-refractivity contribution in [2.24, 2.45) is 0 Å². The molecule has 1 atom stereocenters. The van der Waals surface area contributed by atoms with Crippen molar-refractivity contribution >= 4 is 29.3 Å². The third kappa shape index (κ3) is 6.66. The molecule has 0 aliphatic rings. The molecule has 0 aliphatic carbocycles. The van der Waals surface area contributed by atoms with E-state index < -0.39 is 23.6 Å². The summed E-state index contributed by atoms with van der Waals surface area (Å²) in [6.07, 6.45) is 1.09. The van der Waals surface area contributed by atoms with E-state index in [0.29, 0.717) is 21.7 Å². The fraction of sp³-hybridized carbons (Fsp3) is 0.167. The molecule has 0 fully saturated rings. The highest BCUT2D eigenvalue weighted by Crippen LogP contribution is 2.27. The van der Waals surface area contributed by atoms with Gasteiger partial charge in [0.2, 0.25) is 0 Å². The van der Waals surface area contributed by atoms with Gasteiger partial charge in [-0.3, -0.25) is 9.59 Å². The molecule has 9 heteroatoms. The summed E-state index contributed by atoms with van der Waals surface area (Å²) in [7, 11) is 0. The van der Waals surface area contributed by atoms with Gasteiger partial charge in [-0.15, -0.1) is 0 Å². The number of rotatable bonds is 8. The van der Waals surface area contributed by atoms with E-state index in [1.165, 1.54) is 10.8 Å². The molecule has 4 N–H and O–H groups in total. The lowest BCUT2D eigenvalue weighted by molar-refractivity contribution is -0.137. The van der Waals surface area contributed by atoms with Crippen molar-refractivity contribution in [2.75, 3.05) is 5.32 Å². The van der Waals surface area contributed by atoms with E-state index in [-0.39, 0.29) is 24.4 Å². The number of carbonyl (C=O) groups excluding carboxylic acids is 1. The van der Waals surface area contributed by atoms with E-state index in [9.17, 15) is 24.6 Å². The largest absolute Gasteiger partial charge is 0.505 e. The molecule has 200 valence electrons. The fourth-order valence-electron chi connectivity index (χ4n) is 4.33. The number of aromatic nitrogens is 1. The summed E-state index contributed by atoms with van der Waals surface area (Å²) in [5, 5.41) is 25.6. The fourth-order valence-corrected chi connectivity index (χ4v) is 4.53. The summed E-state index contributed by atoms with van der Waals surface area (Å²) in [6, 6.07) is 20.5. The minimum Gasteiger partial charge on any atom is -0.505 e. The molecule has 0 radical (unpaired) electrons. The smallest absolute Gasteiger partial charge is 0.319 e. The first-order valence-corrected chi connectivity index (χ1v) is 12.6. The molecule has 0 bridgehead atoms. The number of anilines is 1. The lowest BCUT2D eigenvalue weighted by Gasteiger charge is -2.20. The molecule has 0 spiro atoms. The number of aromatic hydroxyl groups is 1. The summed E-state index contributed by atoms with van der Waals surface area (Å²) in [4.78, 5) is 37.8. The number of hydrogen-bond donors (Lipinski definition) is 4. The van der Waals surface area contributed by atoms with Crippen LogP contribution in [0, 0.1) is 13.8 Å². The molecule has 0 aliphatic heterocycles. The van der Waals surface area contributed by atoms with Crippen LogP contribution in [0.25, 0.3) is 11.1 Å². The van der Waals surface area contributed by atoms with Crippen molar-refractivity contribution in [2.45, 2.75) is 32.9 Å². The van der Waals surface area contributed by atoms with Crippen molar-refractivity contribution in [3.05, 3.63) is 117 Å². The Bertz CT molecular complexity index is 1600. The third-order valence-corrected chi connectivity index (χ3v) is 6.66. The Morgan fingerprint density at radius 1 is 0.974 bits per heavy atom. The molecule has 2 amide bonds. The van der Waals surface area contributed by atoms with E-state index in [1.54, 1.807) is 43.3 Å². The number of urea groups is 1. The minimum atomic E-state index is -1.11. The van der Waals surface area contributed by atoms with Gasteiger partial charge in [-0.25, -0.2) is 4.79 Å². The Kier molecular flexibility index (Phi) is 8.36. The second kappa shape index (κ2) is 11.9. The topological polar surface area (TPSA) is 121 Å². The second-order valence-corrected chi connectivity index (χ2v) is 9.71. The normalized spacial score (nSPS) is 11.6. The number of carboxylic acids is 1. The molecule has 0 saturated carbocycles. The Hall–Kier alpha value is -4.56. The quantitative estimate of drug-likeness (QED) is 0.220. The predicted octanol–water partition coefficient (Wildman–Crippen LogP) is 5.88. The number of amides is 2. The number of pyridine rings is 1. The van der Waals surface area contributed by atoms with Crippen LogP contribution in [0.2, 0.25) is 5.02 Å². The maximum Gasteiger partial charge on any atom is 0.319 e. The van der Waals surface area contributed by atoms with Gasteiger partial charge in [0.05, 0.1) is 19.0 Å². The van der Waals surface area contributed by atoms with Gasteiger partial charge in [-0.2, -0.15) is 0 Å². The monoisotopic (exact) mass is 545 g/mol. The van der Waals surface area contributed by atoms with Crippen molar-refractivity contribution in [1.82, 2.24) is 9.88 Å². The third-order valence-electron chi connectivity index (χ3n) is 6.30. The Morgan fingerprint density at radius 3 is 2.36 bits per heavy atom. The molecule has 4 aromatic rings. The first-order valence-electron chi connectivity index (χ1n) is 12.2. The molecule has 3 aromatic carbocycles. The molecular weight excluding hydrogens is 518 g/mol. The first-order chi connectivity index (χ1) is 18.6. The van der Waals surface area contributed by atoms with Gasteiger partial charge in [-0.1, -0.05) is 77.8 Å². The zero-order valence-corrected chi connectivity index (χ0v) is 22.2. The molecule has 0 saturated heterocycles. The molecule has 8 nitrogen and oxygen atoms in total. The maximum absolute atomic E-state index is 13.2. The highest BCUT2D eigenvalue weighted by atomic mass is 35.5. The zero-order valence-electron chi connectivity index (χ0n) is 21.4. The number of nitrogens with one attached hydrogen (secondary N) is 2. The van der Waals surface area contributed by atoms with Gasteiger partial charge in [0.15, 0.2) is 5.69 Å². The minimum absolute atomic E-state index is 0.128. The standard InChI is InChI=1S/C30H28ClN3O5/c1-18-7-5-9-20(13-18)21-10-6-11-22(14-21)25(15-26(35)36)32-30(39)33-27-28(37)19(2)16-34(29(27)38)17-23-8-3-4-12-24(23)31/h3-14,16,25,37H,15,17H2,1-2H3,(H,35,36)(H2,32,33,39)/t25-/m0/s1. The van der Waals surface area contributed by atoms with Gasteiger partial charge >= 0.3 is 12.0 Å². The summed E-state index contributed by atoms with van der Waals surface area (Å²) < 4.78 is 1.34. The van der Waals surface area contributed by atoms with Crippen molar-refractivity contribution in [1.29, 1.82) is 0 Å². The molecule has 39 heavy (non-hydrogen) atoms. The van der Waals surface area contributed by atoms with Gasteiger partial charge in [0.1, 0.15) is 5.75 Å². The molecule has 4 rings (SSSR count). The van der Waals surface area contributed by atoms with E-state index in [2.05, 4.69) is 10.6 Å². The number of carboxylic acid groups (broad SMARTS) is 1. The SMILES string of the molecule is Cc1cccc(-c2cccc([C@H](CC(=O)O)NC(=O)Nc3c(O)c(C)cn(Cc4ccccc4Cl)c3=O)c2)c1. The van der Waals surface area contributed by atoms with Crippen LogP contribution in [0.15, 0.2) is 83.8 Å². The Labute approximate surface area is 230 Å². The number of nitrogens with zero attached hydrogens (tertiary/aromatic N) is 1. The van der Waals surface area contributed by atoms with Crippen LogP contribution < -0.4 is 16.2 Å². The van der Waals surface area contributed by atoms with Gasteiger partial charge in [-0.05, 0) is 48.2 Å². The lowest BCUT2D eigenvalue weighted by atomic mass is 9.97. The maximum atomic E-state index is 13.2. The number of aliphatic carboxylic acids is 1. The van der Waals surface area contributed by atoms with Crippen LogP contribution in [0.3, 0.4) is 0 Å². The predicted molar refractivity (Wildman–Crippen MR) is 151 cm³/mol. The van der Waals surface area contributed by atoms with E-state index in [1.807, 2.05) is 43.3 Å². The Morgan fingerprint density at radius 2 is 1.67 bits per heavy atom. The number of hydrogen-bond acceptors (Lipinski definition) is 4. The van der Waals surface area contributed by atoms with Crippen LogP contribution >= 0.6 is 11.6 Å². The van der Waals surface area contributed by atoms with Crippen LogP contribution in [0.5, 0.6) is 5.75 Å². The summed E-state index contributed by atoms with van der Waals surface area (Å²) in [5.74, 6) is -1.48. The number of halogens is 1. The van der Waals surface area contributed by atoms with Gasteiger partial charge in [0, 0.05) is 16.8 Å². The number of carbonyl (C=O) groups is 2. The van der Waals surface area contributed by atoms with E-state index in [4.69, 9.17) is 11.6 Å². The molecule has 1 aromatic heterocycles. The molecule has 1 heterocycles. The van der Waals surface area contributed by atoms with E-state index in [0.717, 1.165) is 16.7 Å². The average molecular weight is 546 g/mol. The van der Waals surface area contributed by atoms with Crippen molar-refractivity contribution in [3.63, 3.8) is 0 Å². The summed E-state index contributed by atoms with van der Waals surface area (Å²) >= 11 is 6.24. The average Bonchev–Trinajstić information content (AvgIpc) is 2.90. The number of benzene rings is 3. The summed E-state index contributed by atoms with van der Waals surface area (Å²) in [6.45, 7) is 3.71. The number of aryl methyl sites for hydroxylation is 2. The first kappa shape index (κ1) is 27.5.